The molecular weight excluding hydrogens is 260 g/mol. The number of nitrogen functional groups attached to an aromatic ring is 1. The number of benzene rings is 2. The van der Waals surface area contributed by atoms with E-state index in [0.29, 0.717) is 16.3 Å². The number of anilines is 2. The van der Waals surface area contributed by atoms with Crippen molar-refractivity contribution >= 4 is 28.9 Å². The van der Waals surface area contributed by atoms with Crippen molar-refractivity contribution in [3.8, 4) is 0 Å². The second-order valence-corrected chi connectivity index (χ2v) is 4.90. The van der Waals surface area contributed by atoms with Crippen LogP contribution in [0.5, 0.6) is 0 Å². The Morgan fingerprint density at radius 1 is 1.11 bits per heavy atom. The van der Waals surface area contributed by atoms with Gasteiger partial charge in [-0.3, -0.25) is 4.79 Å². The van der Waals surface area contributed by atoms with Gasteiger partial charge in [-0.1, -0.05) is 11.6 Å². The lowest BCUT2D eigenvalue weighted by Crippen LogP contribution is -2.13. The zero-order valence-electron chi connectivity index (χ0n) is 10.8. The molecule has 3 N–H and O–H groups in total. The number of nitrogens with one attached hydrogen (secondary N) is 1. The fourth-order valence-electron chi connectivity index (χ4n) is 1.81. The van der Waals surface area contributed by atoms with E-state index in [9.17, 15) is 4.79 Å². The van der Waals surface area contributed by atoms with Crippen molar-refractivity contribution in [2.24, 2.45) is 0 Å². The molecule has 0 bridgehead atoms. The lowest BCUT2D eigenvalue weighted by atomic mass is 10.1. The molecule has 0 aliphatic heterocycles. The van der Waals surface area contributed by atoms with E-state index < -0.39 is 0 Å². The van der Waals surface area contributed by atoms with Crippen LogP contribution in [-0.2, 0) is 0 Å². The summed E-state index contributed by atoms with van der Waals surface area (Å²) in [6.45, 7) is 3.77. The van der Waals surface area contributed by atoms with Crippen LogP contribution in [0.2, 0.25) is 5.02 Å². The number of nitrogens with two attached hydrogens (primary N) is 1. The molecule has 0 fully saturated rings. The number of hydrogen-bond donors (Lipinski definition) is 2. The molecule has 0 unspecified atom stereocenters. The van der Waals surface area contributed by atoms with Gasteiger partial charge in [0.05, 0.1) is 0 Å². The van der Waals surface area contributed by atoms with Gasteiger partial charge in [0.15, 0.2) is 0 Å². The highest BCUT2D eigenvalue weighted by Crippen LogP contribution is 2.20. The van der Waals surface area contributed by atoms with Crippen LogP contribution in [-0.4, -0.2) is 5.91 Å². The molecule has 4 heteroatoms. The number of carbonyl (C=O) groups excluding carboxylic acids is 1. The second kappa shape index (κ2) is 5.33. The summed E-state index contributed by atoms with van der Waals surface area (Å²) in [6.07, 6.45) is 0. The topological polar surface area (TPSA) is 55.1 Å². The third kappa shape index (κ3) is 3.06. The molecule has 0 spiro atoms. The monoisotopic (exact) mass is 274 g/mol. The zero-order chi connectivity index (χ0) is 14.0. The number of carbonyl (C=O) groups is 1. The first-order valence-corrected chi connectivity index (χ1v) is 6.29. The number of amides is 1. The second-order valence-electron chi connectivity index (χ2n) is 4.49. The molecule has 3 nitrogen and oxygen atoms in total. The van der Waals surface area contributed by atoms with Gasteiger partial charge in [0, 0.05) is 22.0 Å². The van der Waals surface area contributed by atoms with Gasteiger partial charge in [0.1, 0.15) is 0 Å². The minimum absolute atomic E-state index is 0.160. The number of halogens is 1. The Balaban J connectivity index is 2.23. The van der Waals surface area contributed by atoms with Crippen LogP contribution >= 0.6 is 11.6 Å². The van der Waals surface area contributed by atoms with Crippen LogP contribution in [0.25, 0.3) is 0 Å². The van der Waals surface area contributed by atoms with Gasteiger partial charge in [0.2, 0.25) is 0 Å². The molecule has 2 aromatic carbocycles. The van der Waals surface area contributed by atoms with Crippen molar-refractivity contribution in [1.82, 2.24) is 0 Å². The first-order valence-electron chi connectivity index (χ1n) is 5.91. The molecule has 98 valence electrons. The van der Waals surface area contributed by atoms with E-state index in [-0.39, 0.29) is 5.91 Å². The average molecular weight is 275 g/mol. The highest BCUT2D eigenvalue weighted by atomic mass is 35.5. The quantitative estimate of drug-likeness (QED) is 0.819. The first-order chi connectivity index (χ1) is 8.97. The fourth-order valence-corrected chi connectivity index (χ4v) is 1.93. The summed E-state index contributed by atoms with van der Waals surface area (Å²) >= 11 is 5.94. The Bertz CT molecular complexity index is 638. The van der Waals surface area contributed by atoms with E-state index in [2.05, 4.69) is 5.32 Å². The Morgan fingerprint density at radius 2 is 1.84 bits per heavy atom. The van der Waals surface area contributed by atoms with Crippen LogP contribution in [0, 0.1) is 13.8 Å². The Kier molecular flexibility index (Phi) is 3.76. The highest BCUT2D eigenvalue weighted by molar-refractivity contribution is 6.31. The van der Waals surface area contributed by atoms with E-state index >= 15 is 0 Å². The van der Waals surface area contributed by atoms with Gasteiger partial charge >= 0.3 is 0 Å². The highest BCUT2D eigenvalue weighted by Gasteiger charge is 2.09. The predicted octanol–water partition coefficient (Wildman–Crippen LogP) is 3.79. The molecule has 0 heterocycles. The zero-order valence-corrected chi connectivity index (χ0v) is 11.6. The van der Waals surface area contributed by atoms with Crippen molar-refractivity contribution in [3.05, 3.63) is 58.1 Å². The maximum absolute atomic E-state index is 12.1. The minimum atomic E-state index is -0.160. The molecule has 0 aromatic heterocycles. The van der Waals surface area contributed by atoms with Crippen LogP contribution in [0.3, 0.4) is 0 Å². The van der Waals surface area contributed by atoms with Crippen LogP contribution in [0.4, 0.5) is 11.4 Å². The minimum Gasteiger partial charge on any atom is -0.399 e. The lowest BCUT2D eigenvalue weighted by Gasteiger charge is -2.09. The summed E-state index contributed by atoms with van der Waals surface area (Å²) < 4.78 is 0. The maximum Gasteiger partial charge on any atom is 0.255 e. The van der Waals surface area contributed by atoms with Gasteiger partial charge in [-0.2, -0.15) is 0 Å². The fraction of sp³-hybridized carbons (Fsp3) is 0.133. The summed E-state index contributed by atoms with van der Waals surface area (Å²) in [4.78, 5) is 12.1. The average Bonchev–Trinajstić information content (AvgIpc) is 2.36. The Labute approximate surface area is 117 Å². The van der Waals surface area contributed by atoms with Gasteiger partial charge in [-0.05, 0) is 61.4 Å². The van der Waals surface area contributed by atoms with Crippen molar-refractivity contribution in [1.29, 1.82) is 0 Å². The van der Waals surface area contributed by atoms with Crippen molar-refractivity contribution in [3.63, 3.8) is 0 Å². The lowest BCUT2D eigenvalue weighted by molar-refractivity contribution is 0.102. The summed E-state index contributed by atoms with van der Waals surface area (Å²) in [5.74, 6) is -0.160. The van der Waals surface area contributed by atoms with Crippen LogP contribution in [0.1, 0.15) is 21.5 Å². The molecule has 19 heavy (non-hydrogen) atoms. The van der Waals surface area contributed by atoms with Gasteiger partial charge in [-0.25, -0.2) is 0 Å². The number of rotatable bonds is 2. The maximum atomic E-state index is 12.1. The third-order valence-corrected chi connectivity index (χ3v) is 3.34. The normalized spacial score (nSPS) is 10.3. The van der Waals surface area contributed by atoms with E-state index in [4.69, 9.17) is 17.3 Å². The molecule has 0 atom stereocenters. The summed E-state index contributed by atoms with van der Waals surface area (Å²) in [7, 11) is 0. The van der Waals surface area contributed by atoms with E-state index in [1.165, 1.54) is 0 Å². The van der Waals surface area contributed by atoms with E-state index in [0.717, 1.165) is 16.8 Å². The molecule has 1 amide bonds. The Morgan fingerprint density at radius 3 is 2.47 bits per heavy atom. The van der Waals surface area contributed by atoms with Crippen LogP contribution < -0.4 is 11.1 Å². The molecular formula is C15H15ClN2O. The van der Waals surface area contributed by atoms with E-state index in [1.807, 2.05) is 19.9 Å². The van der Waals surface area contributed by atoms with Gasteiger partial charge < -0.3 is 11.1 Å². The molecule has 0 radical (unpaired) electrons. The van der Waals surface area contributed by atoms with Gasteiger partial charge in [-0.15, -0.1) is 0 Å². The standard InChI is InChI=1S/C15H15ClN2O/c1-9-7-11(3-5-13(9)16)15(19)18-14-6-4-12(17)8-10(14)2/h3-8H,17H2,1-2H3,(H,18,19). The summed E-state index contributed by atoms with van der Waals surface area (Å²) in [6, 6.07) is 10.6. The largest absolute Gasteiger partial charge is 0.399 e. The first kappa shape index (κ1) is 13.4. The van der Waals surface area contributed by atoms with E-state index in [1.54, 1.807) is 30.3 Å². The molecule has 2 aromatic rings. The molecule has 0 aliphatic rings. The summed E-state index contributed by atoms with van der Waals surface area (Å²) in [5, 5.41) is 3.52. The van der Waals surface area contributed by atoms with Crippen molar-refractivity contribution < 1.29 is 4.79 Å². The smallest absolute Gasteiger partial charge is 0.255 e. The predicted molar refractivity (Wildman–Crippen MR) is 79.7 cm³/mol. The summed E-state index contributed by atoms with van der Waals surface area (Å²) in [5.41, 5.74) is 9.50. The third-order valence-electron chi connectivity index (χ3n) is 2.92. The van der Waals surface area contributed by atoms with Gasteiger partial charge in [0.25, 0.3) is 5.91 Å². The van der Waals surface area contributed by atoms with Crippen molar-refractivity contribution in [2.45, 2.75) is 13.8 Å². The Hall–Kier alpha value is -2.00. The van der Waals surface area contributed by atoms with Crippen LogP contribution in [0.15, 0.2) is 36.4 Å². The number of hydrogen-bond acceptors (Lipinski definition) is 2. The molecule has 0 saturated heterocycles. The molecule has 0 aliphatic carbocycles. The molecule has 0 saturated carbocycles. The number of aryl methyl sites for hydroxylation is 2. The molecule has 2 rings (SSSR count). The van der Waals surface area contributed by atoms with Crippen molar-refractivity contribution in [2.75, 3.05) is 11.1 Å². The SMILES string of the molecule is Cc1cc(C(=O)Nc2ccc(N)cc2C)ccc1Cl.